The number of benzene rings is 8. The van der Waals surface area contributed by atoms with Crippen LogP contribution < -0.4 is 9.80 Å². The van der Waals surface area contributed by atoms with Crippen LogP contribution in [0.3, 0.4) is 0 Å². The fourth-order valence-electron chi connectivity index (χ4n) is 7.01. The molecular formula is C43H28FN3. The van der Waals surface area contributed by atoms with Gasteiger partial charge in [0, 0.05) is 33.7 Å². The normalized spacial score (nSPS) is 11.5. The van der Waals surface area contributed by atoms with Crippen molar-refractivity contribution >= 4 is 77.3 Å². The molecule has 0 bridgehead atoms. The Hall–Kier alpha value is -6.26. The Bertz CT molecular complexity index is 2540. The number of hydrogen-bond donors (Lipinski definition) is 0. The lowest BCUT2D eigenvalue weighted by molar-refractivity contribution is 0.629. The number of halogens is 1. The van der Waals surface area contributed by atoms with Crippen LogP contribution in [-0.4, -0.2) is 4.98 Å². The Balaban J connectivity index is 1.34. The van der Waals surface area contributed by atoms with Crippen LogP contribution in [0.2, 0.25) is 0 Å². The minimum atomic E-state index is -0.273. The third kappa shape index (κ3) is 4.38. The fourth-order valence-corrected chi connectivity index (χ4v) is 7.01. The van der Waals surface area contributed by atoms with Crippen molar-refractivity contribution in [1.29, 1.82) is 0 Å². The molecule has 1 aromatic heterocycles. The highest BCUT2D eigenvalue weighted by Gasteiger charge is 2.23. The number of aromatic nitrogens is 1. The molecular weight excluding hydrogens is 577 g/mol. The van der Waals surface area contributed by atoms with Gasteiger partial charge >= 0.3 is 0 Å². The van der Waals surface area contributed by atoms with Gasteiger partial charge in [0.25, 0.3) is 0 Å². The first-order chi connectivity index (χ1) is 23.3. The predicted molar refractivity (Wildman–Crippen MR) is 195 cm³/mol. The van der Waals surface area contributed by atoms with Gasteiger partial charge in [0.05, 0.1) is 17.1 Å². The van der Waals surface area contributed by atoms with E-state index >= 15 is 4.39 Å². The lowest BCUT2D eigenvalue weighted by Crippen LogP contribution is -2.13. The summed E-state index contributed by atoms with van der Waals surface area (Å²) >= 11 is 0. The van der Waals surface area contributed by atoms with Crippen molar-refractivity contribution in [2.45, 2.75) is 0 Å². The topological polar surface area (TPSA) is 19.4 Å². The van der Waals surface area contributed by atoms with Gasteiger partial charge in [0.1, 0.15) is 11.6 Å². The first-order valence-corrected chi connectivity index (χ1v) is 15.8. The molecule has 8 aromatic carbocycles. The minimum Gasteiger partial charge on any atom is -0.307 e. The van der Waals surface area contributed by atoms with Crippen LogP contribution in [0, 0.1) is 5.82 Å². The number of anilines is 6. The second-order valence-electron chi connectivity index (χ2n) is 11.7. The number of hydrogen-bond acceptors (Lipinski definition) is 3. The summed E-state index contributed by atoms with van der Waals surface area (Å²) in [6.07, 6.45) is 1.89. The molecule has 0 amide bonds. The highest BCUT2D eigenvalue weighted by molar-refractivity contribution is 6.28. The molecule has 0 aliphatic heterocycles. The van der Waals surface area contributed by atoms with Gasteiger partial charge in [-0.05, 0) is 81.5 Å². The van der Waals surface area contributed by atoms with Crippen molar-refractivity contribution < 1.29 is 4.39 Å². The second-order valence-corrected chi connectivity index (χ2v) is 11.7. The zero-order valence-corrected chi connectivity index (χ0v) is 25.4. The van der Waals surface area contributed by atoms with Crippen molar-refractivity contribution in [3.8, 4) is 0 Å². The maximum atomic E-state index is 15.5. The molecule has 1 heterocycles. The van der Waals surface area contributed by atoms with E-state index in [0.29, 0.717) is 5.69 Å². The summed E-state index contributed by atoms with van der Waals surface area (Å²) in [5, 5.41) is 8.99. The van der Waals surface area contributed by atoms with Crippen LogP contribution >= 0.6 is 0 Å². The molecule has 0 aliphatic carbocycles. The highest BCUT2D eigenvalue weighted by Crippen LogP contribution is 2.48. The molecule has 0 saturated heterocycles. The molecule has 9 rings (SSSR count). The Morgan fingerprint density at radius 1 is 0.383 bits per heavy atom. The van der Waals surface area contributed by atoms with Gasteiger partial charge in [0.15, 0.2) is 0 Å². The molecule has 9 aromatic rings. The molecule has 222 valence electrons. The maximum absolute atomic E-state index is 15.5. The molecule has 4 heteroatoms. The van der Waals surface area contributed by atoms with Crippen LogP contribution in [0.25, 0.3) is 43.1 Å². The third-order valence-corrected chi connectivity index (χ3v) is 9.09. The summed E-state index contributed by atoms with van der Waals surface area (Å²) < 4.78 is 15.5. The zero-order valence-electron chi connectivity index (χ0n) is 25.4. The van der Waals surface area contributed by atoms with Gasteiger partial charge in [-0.15, -0.1) is 0 Å². The standard InChI is InChI=1S/C43H28FN3/c44-37-17-9-10-18-40(37)46(32-12-3-1-4-13-32)38-25-21-30-20-24-36-39(26-22-31-19-23-35(38)41(30)42(31)36)47(33-14-5-2-6-15-33)43-34-16-8-7-11-29(34)27-28-45-43/h1-28H. The zero-order chi connectivity index (χ0) is 31.3. The average Bonchev–Trinajstić information content (AvgIpc) is 3.13. The number of rotatable bonds is 6. The van der Waals surface area contributed by atoms with E-state index in [2.05, 4.69) is 108 Å². The highest BCUT2D eigenvalue weighted by atomic mass is 19.1. The van der Waals surface area contributed by atoms with E-state index < -0.39 is 0 Å². The summed E-state index contributed by atoms with van der Waals surface area (Å²) in [5.41, 5.74) is 4.39. The molecule has 0 atom stereocenters. The summed E-state index contributed by atoms with van der Waals surface area (Å²) in [5.74, 6) is 0.602. The van der Waals surface area contributed by atoms with E-state index in [9.17, 15) is 0 Å². The Morgan fingerprint density at radius 2 is 0.915 bits per heavy atom. The van der Waals surface area contributed by atoms with E-state index in [1.165, 1.54) is 11.5 Å². The minimum absolute atomic E-state index is 0.273. The lowest BCUT2D eigenvalue weighted by Gasteiger charge is -2.29. The van der Waals surface area contributed by atoms with Crippen molar-refractivity contribution in [2.75, 3.05) is 9.80 Å². The summed E-state index contributed by atoms with van der Waals surface area (Å²) in [4.78, 5) is 9.26. The quantitative estimate of drug-likeness (QED) is 0.176. The number of para-hydroxylation sites is 3. The summed E-state index contributed by atoms with van der Waals surface area (Å²) in [7, 11) is 0. The van der Waals surface area contributed by atoms with E-state index in [1.807, 2.05) is 59.6 Å². The molecule has 0 spiro atoms. The summed E-state index contributed by atoms with van der Waals surface area (Å²) in [6, 6.07) is 55.3. The summed E-state index contributed by atoms with van der Waals surface area (Å²) in [6.45, 7) is 0. The molecule has 3 nitrogen and oxygen atoms in total. The van der Waals surface area contributed by atoms with E-state index in [4.69, 9.17) is 4.98 Å². The second kappa shape index (κ2) is 11.0. The fraction of sp³-hybridized carbons (Fsp3) is 0. The Morgan fingerprint density at radius 3 is 1.57 bits per heavy atom. The van der Waals surface area contributed by atoms with E-state index in [1.54, 1.807) is 6.07 Å². The number of nitrogens with zero attached hydrogens (tertiary/aromatic N) is 3. The largest absolute Gasteiger partial charge is 0.307 e. The first-order valence-electron chi connectivity index (χ1n) is 15.8. The van der Waals surface area contributed by atoms with Crippen molar-refractivity contribution in [1.82, 2.24) is 4.98 Å². The van der Waals surface area contributed by atoms with Crippen molar-refractivity contribution in [3.63, 3.8) is 0 Å². The molecule has 0 saturated carbocycles. The third-order valence-electron chi connectivity index (χ3n) is 9.09. The van der Waals surface area contributed by atoms with Crippen molar-refractivity contribution in [3.05, 3.63) is 176 Å². The molecule has 0 fully saturated rings. The monoisotopic (exact) mass is 605 g/mol. The lowest BCUT2D eigenvalue weighted by atomic mass is 9.91. The van der Waals surface area contributed by atoms with Crippen LogP contribution in [-0.2, 0) is 0 Å². The average molecular weight is 606 g/mol. The Kier molecular flexibility index (Phi) is 6.32. The van der Waals surface area contributed by atoms with Gasteiger partial charge in [-0.2, -0.15) is 0 Å². The first kappa shape index (κ1) is 27.1. The SMILES string of the molecule is Fc1ccccc1N(c1ccccc1)c1ccc2ccc3c(N(c4ccccc4)c4nccc5ccccc45)ccc4ccc1c2c43. The van der Waals surface area contributed by atoms with Gasteiger partial charge in [0.2, 0.25) is 0 Å². The molecule has 0 aliphatic rings. The number of fused-ring (bicyclic) bond motifs is 1. The molecule has 0 N–H and O–H groups in total. The van der Waals surface area contributed by atoms with Crippen LogP contribution in [0.1, 0.15) is 0 Å². The van der Waals surface area contributed by atoms with Crippen LogP contribution in [0.15, 0.2) is 170 Å². The molecule has 0 radical (unpaired) electrons. The molecule has 0 unspecified atom stereocenters. The van der Waals surface area contributed by atoms with Gasteiger partial charge in [-0.1, -0.05) is 109 Å². The van der Waals surface area contributed by atoms with Crippen LogP contribution in [0.5, 0.6) is 0 Å². The smallest absolute Gasteiger partial charge is 0.147 e. The Labute approximate surface area is 271 Å². The van der Waals surface area contributed by atoms with E-state index in [0.717, 1.165) is 66.3 Å². The van der Waals surface area contributed by atoms with Gasteiger partial charge in [-0.25, -0.2) is 9.37 Å². The number of pyridine rings is 1. The predicted octanol–water partition coefficient (Wildman–Crippen LogP) is 12.2. The molecule has 47 heavy (non-hydrogen) atoms. The van der Waals surface area contributed by atoms with Crippen molar-refractivity contribution in [2.24, 2.45) is 0 Å². The van der Waals surface area contributed by atoms with Gasteiger partial charge in [-0.3, -0.25) is 4.90 Å². The van der Waals surface area contributed by atoms with Crippen LogP contribution in [0.4, 0.5) is 38.6 Å². The van der Waals surface area contributed by atoms with Gasteiger partial charge < -0.3 is 4.90 Å². The maximum Gasteiger partial charge on any atom is 0.147 e. The van der Waals surface area contributed by atoms with E-state index in [-0.39, 0.29) is 5.82 Å².